The van der Waals surface area contributed by atoms with E-state index in [1.165, 1.54) is 6.07 Å². The third-order valence-electron chi connectivity index (χ3n) is 8.21. The van der Waals surface area contributed by atoms with Gasteiger partial charge in [-0.15, -0.1) is 0 Å². The normalized spacial score (nSPS) is 15.1. The second-order valence-corrected chi connectivity index (χ2v) is 11.5. The summed E-state index contributed by atoms with van der Waals surface area (Å²) in [7, 11) is 0. The molecule has 0 saturated carbocycles. The van der Waals surface area contributed by atoms with E-state index in [0.29, 0.717) is 64.5 Å². The number of benzene rings is 3. The number of aryl methyl sites for hydroxylation is 2. The number of rotatable bonds is 7. The molecule has 5 N–H and O–H groups in total. The van der Waals surface area contributed by atoms with Crippen LogP contribution in [0.25, 0.3) is 22.0 Å². The van der Waals surface area contributed by atoms with E-state index in [4.69, 9.17) is 5.73 Å². The van der Waals surface area contributed by atoms with E-state index in [-0.39, 0.29) is 17.0 Å². The molecule has 0 unspecified atom stereocenters. The zero-order valence-electron chi connectivity index (χ0n) is 23.7. The second kappa shape index (κ2) is 10.7. The molecule has 5 rings (SSSR count). The van der Waals surface area contributed by atoms with Crippen molar-refractivity contribution in [1.29, 1.82) is 0 Å². The summed E-state index contributed by atoms with van der Waals surface area (Å²) < 4.78 is 30.1. The van der Waals surface area contributed by atoms with Gasteiger partial charge in [0.2, 0.25) is 0 Å². The van der Waals surface area contributed by atoms with Crippen molar-refractivity contribution in [3.63, 3.8) is 0 Å². The van der Waals surface area contributed by atoms with Crippen LogP contribution in [0.1, 0.15) is 76.7 Å². The lowest BCUT2D eigenvalue weighted by atomic mass is 9.77. The van der Waals surface area contributed by atoms with Crippen LogP contribution in [0.2, 0.25) is 0 Å². The van der Waals surface area contributed by atoms with Crippen LogP contribution < -0.4 is 11.1 Å². The Balaban J connectivity index is 1.61. The molecule has 3 aromatic carbocycles. The van der Waals surface area contributed by atoms with Gasteiger partial charge >= 0.3 is 0 Å². The van der Waals surface area contributed by atoms with Crippen molar-refractivity contribution in [2.24, 2.45) is 11.7 Å². The van der Waals surface area contributed by atoms with Crippen LogP contribution in [0.15, 0.2) is 36.4 Å². The molecule has 1 radical (unpaired) electrons. The third-order valence-corrected chi connectivity index (χ3v) is 8.21. The van der Waals surface area contributed by atoms with Gasteiger partial charge in [0.1, 0.15) is 11.6 Å². The Hall–Kier alpha value is -4.04. The second-order valence-electron chi connectivity index (χ2n) is 11.5. The van der Waals surface area contributed by atoms with Gasteiger partial charge in [0.15, 0.2) is 0 Å². The third kappa shape index (κ3) is 5.36. The van der Waals surface area contributed by atoms with E-state index < -0.39 is 29.0 Å². The number of amides is 2. The molecule has 0 aliphatic heterocycles. The molecule has 1 aromatic heterocycles. The summed E-state index contributed by atoms with van der Waals surface area (Å²) >= 11 is 0. The molecule has 1 heterocycles. The first-order valence-electron chi connectivity index (χ1n) is 13.9. The fourth-order valence-electron chi connectivity index (χ4n) is 6.01. The van der Waals surface area contributed by atoms with Crippen molar-refractivity contribution in [2.75, 3.05) is 5.32 Å². The molecule has 41 heavy (non-hydrogen) atoms. The largest absolute Gasteiger partial charge is 0.390 e. The molecule has 0 saturated heterocycles. The number of aliphatic hydroxyl groups is 1. The van der Waals surface area contributed by atoms with Crippen molar-refractivity contribution in [3.05, 3.63) is 87.6 Å². The first kappa shape index (κ1) is 28.5. The number of fused-ring (bicyclic) bond motifs is 3. The maximum Gasteiger partial charge on any atom is 0.256 e. The Morgan fingerprint density at radius 3 is 2.66 bits per heavy atom. The minimum absolute atomic E-state index is 0.00821. The number of aromatic nitrogens is 1. The molecule has 1 atom stereocenters. The Bertz CT molecular complexity index is 1680. The average molecular weight is 559 g/mol. The first-order valence-corrected chi connectivity index (χ1v) is 13.9. The van der Waals surface area contributed by atoms with Crippen LogP contribution in [-0.2, 0) is 19.3 Å². The molecule has 0 spiro atoms. The highest BCUT2D eigenvalue weighted by Gasteiger charge is 2.34. The number of carbonyl (C=O) groups is 2. The lowest BCUT2D eigenvalue weighted by Crippen LogP contribution is -2.34. The van der Waals surface area contributed by atoms with Gasteiger partial charge in [-0.3, -0.25) is 9.59 Å². The van der Waals surface area contributed by atoms with E-state index in [0.717, 1.165) is 23.7 Å². The number of nitrogens with one attached hydrogen (secondary N) is 2. The molecule has 4 aromatic rings. The summed E-state index contributed by atoms with van der Waals surface area (Å²) in [5, 5.41) is 14.1. The molecule has 2 amide bonds. The SMILES string of the molecule is CCCc1cc(F)[c]c(C(=O)Nc2cccc(-c3c(F)cc(C(N)=O)c4[nH]c5c(c34)CC[C@H](C(C)(C)O)C5)c2C)c1. The standard InChI is InChI=1S/C33H34F2N3O3/c1-5-7-18-12-19(14-21(34)13-18)32(40)38-26-9-6-8-22(17(26)2)28-25(35)16-24(31(36)39)30-29(28)23-11-10-20(33(3,4)41)15-27(23)37-30/h6,8-9,12-13,16,20,37,41H,5,7,10-11,15H2,1-4H3,(H2,36,39)(H,38,40)/t20-/m0/s1. The minimum Gasteiger partial charge on any atom is -0.390 e. The minimum atomic E-state index is -0.894. The fraction of sp³-hybridized carbons (Fsp3) is 0.333. The number of halogens is 2. The number of nitrogens with two attached hydrogens (primary N) is 1. The summed E-state index contributed by atoms with van der Waals surface area (Å²) in [6.07, 6.45) is 3.27. The van der Waals surface area contributed by atoms with Crippen molar-refractivity contribution in [3.8, 4) is 11.1 Å². The number of aromatic amines is 1. The maximum atomic E-state index is 15.9. The number of hydrogen-bond donors (Lipinski definition) is 4. The molecule has 6 nitrogen and oxygen atoms in total. The van der Waals surface area contributed by atoms with Crippen LogP contribution in [0, 0.1) is 30.5 Å². The van der Waals surface area contributed by atoms with E-state index in [9.17, 15) is 19.1 Å². The zero-order chi connectivity index (χ0) is 29.6. The van der Waals surface area contributed by atoms with E-state index in [1.807, 2.05) is 6.92 Å². The summed E-state index contributed by atoms with van der Waals surface area (Å²) in [6, 6.07) is 11.8. The maximum absolute atomic E-state index is 15.9. The topological polar surface area (TPSA) is 108 Å². The molecule has 0 fully saturated rings. The highest BCUT2D eigenvalue weighted by Crippen LogP contribution is 2.43. The number of primary amides is 1. The summed E-state index contributed by atoms with van der Waals surface area (Å²) in [5.41, 5.74) is 9.71. The Morgan fingerprint density at radius 2 is 1.98 bits per heavy atom. The Morgan fingerprint density at radius 1 is 1.22 bits per heavy atom. The zero-order valence-corrected chi connectivity index (χ0v) is 23.7. The van der Waals surface area contributed by atoms with Gasteiger partial charge in [-0.25, -0.2) is 8.78 Å². The van der Waals surface area contributed by atoms with Crippen LogP contribution in [0.4, 0.5) is 14.5 Å². The van der Waals surface area contributed by atoms with Gasteiger partial charge in [-0.2, -0.15) is 0 Å². The number of carbonyl (C=O) groups excluding carboxylic acids is 2. The molecule has 8 heteroatoms. The van der Waals surface area contributed by atoms with Crippen molar-refractivity contribution in [2.45, 2.75) is 65.4 Å². The van der Waals surface area contributed by atoms with E-state index in [2.05, 4.69) is 16.4 Å². The van der Waals surface area contributed by atoms with Gasteiger partial charge in [-0.05, 0) is 98.9 Å². The van der Waals surface area contributed by atoms with Crippen molar-refractivity contribution < 1.29 is 23.5 Å². The van der Waals surface area contributed by atoms with Gasteiger partial charge in [0.05, 0.1) is 22.2 Å². The summed E-state index contributed by atoms with van der Waals surface area (Å²) in [5.74, 6) is -2.48. The lowest BCUT2D eigenvalue weighted by molar-refractivity contribution is 0.0107. The van der Waals surface area contributed by atoms with E-state index in [1.54, 1.807) is 45.0 Å². The van der Waals surface area contributed by atoms with Gasteiger partial charge < -0.3 is 21.1 Å². The average Bonchev–Trinajstić information content (AvgIpc) is 3.27. The number of H-pyrrole nitrogens is 1. The first-order chi connectivity index (χ1) is 19.4. The lowest BCUT2D eigenvalue weighted by Gasteiger charge is -2.32. The number of hydrogen-bond acceptors (Lipinski definition) is 3. The van der Waals surface area contributed by atoms with Gasteiger partial charge in [0, 0.05) is 28.4 Å². The van der Waals surface area contributed by atoms with E-state index >= 15 is 4.39 Å². The van der Waals surface area contributed by atoms with Crippen molar-refractivity contribution >= 4 is 28.4 Å². The molecular weight excluding hydrogens is 524 g/mol. The highest BCUT2D eigenvalue weighted by molar-refractivity contribution is 6.12. The van der Waals surface area contributed by atoms with Crippen LogP contribution in [0.5, 0.6) is 0 Å². The smallest absolute Gasteiger partial charge is 0.256 e. The highest BCUT2D eigenvalue weighted by atomic mass is 19.1. The Kier molecular flexibility index (Phi) is 7.46. The van der Waals surface area contributed by atoms with Crippen LogP contribution in [-0.4, -0.2) is 27.5 Å². The number of anilines is 1. The fourth-order valence-corrected chi connectivity index (χ4v) is 6.01. The predicted molar refractivity (Wildman–Crippen MR) is 156 cm³/mol. The molecule has 1 aliphatic carbocycles. The molecular formula is C33H34F2N3O3. The Labute approximate surface area is 238 Å². The summed E-state index contributed by atoms with van der Waals surface area (Å²) in [4.78, 5) is 28.8. The predicted octanol–water partition coefficient (Wildman–Crippen LogP) is 6.40. The molecule has 1 aliphatic rings. The summed E-state index contributed by atoms with van der Waals surface area (Å²) in [6.45, 7) is 7.31. The molecule has 213 valence electrons. The molecule has 0 bridgehead atoms. The monoisotopic (exact) mass is 558 g/mol. The van der Waals surface area contributed by atoms with Crippen LogP contribution in [0.3, 0.4) is 0 Å². The van der Waals surface area contributed by atoms with Gasteiger partial charge in [0.25, 0.3) is 11.8 Å². The van der Waals surface area contributed by atoms with Gasteiger partial charge in [-0.1, -0.05) is 25.5 Å². The quantitative estimate of drug-likeness (QED) is 0.211. The van der Waals surface area contributed by atoms with Crippen LogP contribution >= 0.6 is 0 Å². The van der Waals surface area contributed by atoms with Crippen molar-refractivity contribution in [1.82, 2.24) is 4.98 Å².